The fourth-order valence-electron chi connectivity index (χ4n) is 1.79. The number of carbonyl (C=O) groups is 1. The van der Waals surface area contributed by atoms with E-state index in [2.05, 4.69) is 0 Å². The molecule has 0 fully saturated rings. The van der Waals surface area contributed by atoms with Crippen molar-refractivity contribution in [2.75, 3.05) is 13.7 Å². The molecule has 1 aromatic heterocycles. The van der Waals surface area contributed by atoms with E-state index in [4.69, 9.17) is 4.74 Å². The Morgan fingerprint density at radius 3 is 2.82 bits per heavy atom. The molecule has 0 aliphatic heterocycles. The van der Waals surface area contributed by atoms with Gasteiger partial charge in [0.15, 0.2) is 11.2 Å². The Balaban J connectivity index is 2.45. The molecule has 0 N–H and O–H groups in total. The predicted octanol–water partition coefficient (Wildman–Crippen LogP) is 1.22. The molecule has 4 nitrogen and oxygen atoms in total. The van der Waals surface area contributed by atoms with E-state index in [1.54, 1.807) is 16.8 Å². The van der Waals surface area contributed by atoms with E-state index in [1.807, 2.05) is 18.2 Å². The van der Waals surface area contributed by atoms with Crippen LogP contribution in [-0.2, 0) is 16.1 Å². The van der Waals surface area contributed by atoms with Gasteiger partial charge in [-0.05, 0) is 12.1 Å². The van der Waals surface area contributed by atoms with Crippen molar-refractivity contribution in [1.29, 1.82) is 0 Å². The van der Waals surface area contributed by atoms with E-state index in [9.17, 15) is 9.59 Å². The van der Waals surface area contributed by atoms with Gasteiger partial charge >= 0.3 is 0 Å². The van der Waals surface area contributed by atoms with E-state index in [0.717, 1.165) is 5.52 Å². The number of benzene rings is 1. The number of carbonyl (C=O) groups excluding carboxylic acids is 1. The largest absolute Gasteiger partial charge is 0.377 e. The summed E-state index contributed by atoms with van der Waals surface area (Å²) in [6, 6.07) is 8.72. The number of Topliss-reactive ketones (excluding diaryl/α,β-unsaturated/α-hetero) is 1. The summed E-state index contributed by atoms with van der Waals surface area (Å²) in [7, 11) is 1.49. The van der Waals surface area contributed by atoms with E-state index in [0.29, 0.717) is 5.39 Å². The van der Waals surface area contributed by atoms with Gasteiger partial charge in [0.2, 0.25) is 0 Å². The highest BCUT2D eigenvalue weighted by Crippen LogP contribution is 2.09. The quantitative estimate of drug-likeness (QED) is 0.794. The monoisotopic (exact) mass is 231 g/mol. The smallest absolute Gasteiger partial charge is 0.189 e. The zero-order valence-corrected chi connectivity index (χ0v) is 9.55. The SMILES string of the molecule is COCC(=O)Cn1ccc(=O)c2ccccc21. The van der Waals surface area contributed by atoms with Gasteiger partial charge in [-0.2, -0.15) is 0 Å². The summed E-state index contributed by atoms with van der Waals surface area (Å²) >= 11 is 0. The molecule has 1 heterocycles. The van der Waals surface area contributed by atoms with Crippen molar-refractivity contribution in [3.05, 3.63) is 46.8 Å². The third-order valence-corrected chi connectivity index (χ3v) is 2.54. The fraction of sp³-hybridized carbons (Fsp3) is 0.231. The molecular formula is C13H13NO3. The van der Waals surface area contributed by atoms with E-state index in [-0.39, 0.29) is 24.4 Å². The second-order valence-corrected chi connectivity index (χ2v) is 3.80. The number of para-hydroxylation sites is 1. The molecule has 0 aliphatic carbocycles. The highest BCUT2D eigenvalue weighted by atomic mass is 16.5. The average molecular weight is 231 g/mol. The topological polar surface area (TPSA) is 48.3 Å². The molecule has 0 radical (unpaired) electrons. The molecule has 0 amide bonds. The summed E-state index contributed by atoms with van der Waals surface area (Å²) in [5, 5.41) is 0.625. The molecule has 17 heavy (non-hydrogen) atoms. The fourth-order valence-corrected chi connectivity index (χ4v) is 1.79. The minimum absolute atomic E-state index is 0.0266. The molecule has 0 atom stereocenters. The molecule has 2 aromatic rings. The summed E-state index contributed by atoms with van der Waals surface area (Å²) in [6.45, 7) is 0.301. The maximum Gasteiger partial charge on any atom is 0.189 e. The van der Waals surface area contributed by atoms with Crippen LogP contribution in [-0.4, -0.2) is 24.1 Å². The van der Waals surface area contributed by atoms with Crippen LogP contribution in [0.1, 0.15) is 0 Å². The van der Waals surface area contributed by atoms with Crippen LogP contribution in [0.5, 0.6) is 0 Å². The number of nitrogens with zero attached hydrogens (tertiary/aromatic N) is 1. The molecule has 0 saturated heterocycles. The van der Waals surface area contributed by atoms with Crippen molar-refractivity contribution >= 4 is 16.7 Å². The van der Waals surface area contributed by atoms with Crippen LogP contribution >= 0.6 is 0 Å². The number of methoxy groups -OCH3 is 1. The standard InChI is InChI=1S/C13H13NO3/c1-17-9-10(15)8-14-7-6-13(16)11-4-2-3-5-12(11)14/h2-7H,8-9H2,1H3. The second kappa shape index (κ2) is 4.93. The molecule has 1 aromatic carbocycles. The van der Waals surface area contributed by atoms with Gasteiger partial charge in [0.25, 0.3) is 0 Å². The van der Waals surface area contributed by atoms with Gasteiger partial charge in [-0.15, -0.1) is 0 Å². The van der Waals surface area contributed by atoms with Crippen LogP contribution in [0.3, 0.4) is 0 Å². The zero-order valence-electron chi connectivity index (χ0n) is 9.55. The summed E-state index contributed by atoms with van der Waals surface area (Å²) in [5.41, 5.74) is 0.737. The number of aromatic nitrogens is 1. The van der Waals surface area contributed by atoms with Crippen LogP contribution in [0.4, 0.5) is 0 Å². The maximum absolute atomic E-state index is 11.6. The van der Waals surface area contributed by atoms with Crippen molar-refractivity contribution in [1.82, 2.24) is 4.57 Å². The highest BCUT2D eigenvalue weighted by molar-refractivity contribution is 5.83. The predicted molar refractivity (Wildman–Crippen MR) is 65.1 cm³/mol. The summed E-state index contributed by atoms with van der Waals surface area (Å²) < 4.78 is 6.55. The van der Waals surface area contributed by atoms with Gasteiger partial charge in [-0.25, -0.2) is 0 Å². The van der Waals surface area contributed by atoms with Crippen LogP contribution < -0.4 is 5.43 Å². The van der Waals surface area contributed by atoms with E-state index < -0.39 is 0 Å². The first-order chi connectivity index (χ1) is 8.22. The minimum atomic E-state index is -0.0314. The highest BCUT2D eigenvalue weighted by Gasteiger charge is 2.06. The van der Waals surface area contributed by atoms with Crippen LogP contribution in [0, 0.1) is 0 Å². The second-order valence-electron chi connectivity index (χ2n) is 3.80. The minimum Gasteiger partial charge on any atom is -0.377 e. The summed E-state index contributed by atoms with van der Waals surface area (Å²) in [5.74, 6) is -0.0266. The molecule has 4 heteroatoms. The molecular weight excluding hydrogens is 218 g/mol. The summed E-state index contributed by atoms with van der Waals surface area (Å²) in [4.78, 5) is 23.1. The lowest BCUT2D eigenvalue weighted by atomic mass is 10.2. The molecule has 0 bridgehead atoms. The summed E-state index contributed by atoms with van der Waals surface area (Å²) in [6.07, 6.45) is 1.64. The maximum atomic E-state index is 11.6. The molecule has 2 rings (SSSR count). The molecule has 0 aliphatic rings. The van der Waals surface area contributed by atoms with Gasteiger partial charge < -0.3 is 9.30 Å². The lowest BCUT2D eigenvalue weighted by molar-refractivity contribution is -0.123. The molecule has 88 valence electrons. The lowest BCUT2D eigenvalue weighted by Crippen LogP contribution is -2.17. The first-order valence-electron chi connectivity index (χ1n) is 5.31. The Bertz CT molecular complexity index is 601. The van der Waals surface area contributed by atoms with Crippen molar-refractivity contribution in [2.24, 2.45) is 0 Å². The molecule has 0 unspecified atom stereocenters. The van der Waals surface area contributed by atoms with Crippen LogP contribution in [0.25, 0.3) is 10.9 Å². The van der Waals surface area contributed by atoms with Gasteiger partial charge in [-0.1, -0.05) is 12.1 Å². The van der Waals surface area contributed by atoms with Gasteiger partial charge in [0.1, 0.15) is 6.61 Å². The number of hydrogen-bond acceptors (Lipinski definition) is 3. The number of ether oxygens (including phenoxy) is 1. The molecule has 0 spiro atoms. The number of fused-ring (bicyclic) bond motifs is 1. The number of hydrogen-bond donors (Lipinski definition) is 0. The van der Waals surface area contributed by atoms with Crippen molar-refractivity contribution in [2.45, 2.75) is 6.54 Å². The number of pyridine rings is 1. The average Bonchev–Trinajstić information content (AvgIpc) is 2.34. The van der Waals surface area contributed by atoms with Gasteiger partial charge in [0, 0.05) is 24.8 Å². The third kappa shape index (κ3) is 2.42. The van der Waals surface area contributed by atoms with Crippen molar-refractivity contribution in [3.63, 3.8) is 0 Å². The number of ketones is 1. The van der Waals surface area contributed by atoms with E-state index in [1.165, 1.54) is 13.2 Å². The Labute approximate surface area is 98.4 Å². The normalized spacial score (nSPS) is 10.6. The Kier molecular flexibility index (Phi) is 3.35. The number of rotatable bonds is 4. The molecule has 0 saturated carbocycles. The van der Waals surface area contributed by atoms with Gasteiger partial charge in [0.05, 0.1) is 12.1 Å². The zero-order chi connectivity index (χ0) is 12.3. The lowest BCUT2D eigenvalue weighted by Gasteiger charge is -2.09. The van der Waals surface area contributed by atoms with Crippen LogP contribution in [0.15, 0.2) is 41.3 Å². The van der Waals surface area contributed by atoms with E-state index >= 15 is 0 Å². The first-order valence-corrected chi connectivity index (χ1v) is 5.31. The van der Waals surface area contributed by atoms with Crippen molar-refractivity contribution in [3.8, 4) is 0 Å². The Morgan fingerprint density at radius 2 is 2.06 bits per heavy atom. The Morgan fingerprint density at radius 1 is 1.29 bits per heavy atom. The van der Waals surface area contributed by atoms with Gasteiger partial charge in [-0.3, -0.25) is 9.59 Å². The third-order valence-electron chi connectivity index (χ3n) is 2.54. The van der Waals surface area contributed by atoms with Crippen molar-refractivity contribution < 1.29 is 9.53 Å². The Hall–Kier alpha value is -1.94. The van der Waals surface area contributed by atoms with Crippen LogP contribution in [0.2, 0.25) is 0 Å². The first kappa shape index (κ1) is 11.5.